The molecule has 1 aromatic rings. The number of hydrogen-bond acceptors (Lipinski definition) is 1. The van der Waals surface area contributed by atoms with Crippen molar-refractivity contribution in [2.75, 3.05) is 18.0 Å². The lowest BCUT2D eigenvalue weighted by Gasteiger charge is -2.29. The molecule has 0 spiro atoms. The second kappa shape index (κ2) is 5.77. The Hall–Kier alpha value is -0.980. The first-order valence-electron chi connectivity index (χ1n) is 7.38. The summed E-state index contributed by atoms with van der Waals surface area (Å²) < 4.78 is 0. The number of anilines is 1. The molecule has 0 aromatic heterocycles. The minimum atomic E-state index is 0.436. The van der Waals surface area contributed by atoms with E-state index in [4.69, 9.17) is 0 Å². The van der Waals surface area contributed by atoms with Crippen molar-refractivity contribution >= 4 is 5.69 Å². The van der Waals surface area contributed by atoms with Gasteiger partial charge in [-0.2, -0.15) is 0 Å². The lowest BCUT2D eigenvalue weighted by atomic mass is 9.89. The Bertz CT molecular complexity index is 352. The van der Waals surface area contributed by atoms with Crippen LogP contribution in [0.25, 0.3) is 0 Å². The highest BCUT2D eigenvalue weighted by Gasteiger charge is 2.12. The third-order valence-corrected chi connectivity index (χ3v) is 3.82. The molecule has 0 N–H and O–H groups in total. The van der Waals surface area contributed by atoms with Gasteiger partial charge in [0.2, 0.25) is 0 Å². The van der Waals surface area contributed by atoms with E-state index in [2.05, 4.69) is 49.9 Å². The molecule has 0 saturated carbocycles. The van der Waals surface area contributed by atoms with Gasteiger partial charge in [-0.05, 0) is 55.2 Å². The molecule has 1 fully saturated rings. The monoisotopic (exact) mass is 245 g/mol. The Kier molecular flexibility index (Phi) is 4.31. The molecule has 1 aliphatic rings. The summed E-state index contributed by atoms with van der Waals surface area (Å²) in [7, 11) is 0. The van der Waals surface area contributed by atoms with Gasteiger partial charge in [0.05, 0.1) is 0 Å². The maximum atomic E-state index is 2.52. The summed E-state index contributed by atoms with van der Waals surface area (Å²) in [5.41, 5.74) is 3.32. The molecule has 0 aliphatic carbocycles. The molecule has 1 heteroatoms. The van der Waals surface area contributed by atoms with Crippen molar-refractivity contribution < 1.29 is 0 Å². The van der Waals surface area contributed by atoms with E-state index in [0.717, 1.165) is 0 Å². The average Bonchev–Trinajstić information content (AvgIpc) is 2.37. The molecule has 2 rings (SSSR count). The van der Waals surface area contributed by atoms with Crippen LogP contribution in [0.4, 0.5) is 5.69 Å². The van der Waals surface area contributed by atoms with E-state index < -0.39 is 0 Å². The SMILES string of the molecule is CC(C)(C)CCc1ccc(N2CCCCC2)cc1. The van der Waals surface area contributed by atoms with Gasteiger partial charge in [0.15, 0.2) is 0 Å². The number of aryl methyl sites for hydroxylation is 1. The summed E-state index contributed by atoms with van der Waals surface area (Å²) >= 11 is 0. The topological polar surface area (TPSA) is 3.24 Å². The zero-order chi connectivity index (χ0) is 13.0. The lowest BCUT2D eigenvalue weighted by Crippen LogP contribution is -2.29. The molecule has 1 heterocycles. The van der Waals surface area contributed by atoms with Gasteiger partial charge >= 0.3 is 0 Å². The second-order valence-electron chi connectivity index (χ2n) is 6.77. The highest BCUT2D eigenvalue weighted by atomic mass is 15.1. The van der Waals surface area contributed by atoms with Crippen LogP contribution in [-0.2, 0) is 6.42 Å². The van der Waals surface area contributed by atoms with Crippen LogP contribution in [-0.4, -0.2) is 13.1 Å². The fourth-order valence-electron chi connectivity index (χ4n) is 2.54. The predicted molar refractivity (Wildman–Crippen MR) is 80.3 cm³/mol. The van der Waals surface area contributed by atoms with Crippen LogP contribution in [0, 0.1) is 5.41 Å². The first-order valence-corrected chi connectivity index (χ1v) is 7.38. The highest BCUT2D eigenvalue weighted by molar-refractivity contribution is 5.47. The van der Waals surface area contributed by atoms with E-state index in [1.165, 1.54) is 56.4 Å². The molecule has 1 saturated heterocycles. The largest absolute Gasteiger partial charge is 0.372 e. The minimum Gasteiger partial charge on any atom is -0.372 e. The van der Waals surface area contributed by atoms with Crippen molar-refractivity contribution in [3.63, 3.8) is 0 Å². The summed E-state index contributed by atoms with van der Waals surface area (Å²) in [6, 6.07) is 9.25. The average molecular weight is 245 g/mol. The van der Waals surface area contributed by atoms with Crippen molar-refractivity contribution in [3.8, 4) is 0 Å². The zero-order valence-electron chi connectivity index (χ0n) is 12.2. The summed E-state index contributed by atoms with van der Waals surface area (Å²) in [5, 5.41) is 0. The van der Waals surface area contributed by atoms with Crippen LogP contribution in [0.5, 0.6) is 0 Å². The quantitative estimate of drug-likeness (QED) is 0.749. The Morgan fingerprint density at radius 3 is 2.11 bits per heavy atom. The number of hydrogen-bond donors (Lipinski definition) is 0. The van der Waals surface area contributed by atoms with Gasteiger partial charge in [0, 0.05) is 18.8 Å². The van der Waals surface area contributed by atoms with E-state index in [1.54, 1.807) is 0 Å². The summed E-state index contributed by atoms with van der Waals surface area (Å²) in [5.74, 6) is 0. The summed E-state index contributed by atoms with van der Waals surface area (Å²) in [6.45, 7) is 9.42. The molecule has 18 heavy (non-hydrogen) atoms. The second-order valence-corrected chi connectivity index (χ2v) is 6.77. The molecule has 0 atom stereocenters. The predicted octanol–water partition coefficient (Wildman–Crippen LogP) is 4.66. The molecule has 1 nitrogen and oxygen atoms in total. The maximum Gasteiger partial charge on any atom is 0.0366 e. The maximum absolute atomic E-state index is 2.52. The fourth-order valence-corrected chi connectivity index (χ4v) is 2.54. The van der Waals surface area contributed by atoms with E-state index in [1.807, 2.05) is 0 Å². The molecular formula is C17H27N. The van der Waals surface area contributed by atoms with Gasteiger partial charge in [-0.25, -0.2) is 0 Å². The van der Waals surface area contributed by atoms with Gasteiger partial charge < -0.3 is 4.90 Å². The van der Waals surface area contributed by atoms with Crippen molar-refractivity contribution in [2.45, 2.75) is 52.9 Å². The van der Waals surface area contributed by atoms with Gasteiger partial charge in [-0.1, -0.05) is 32.9 Å². The van der Waals surface area contributed by atoms with Crippen LogP contribution in [0.15, 0.2) is 24.3 Å². The molecule has 1 aromatic carbocycles. The standard InChI is InChI=1S/C17H27N/c1-17(2,3)12-11-15-7-9-16(10-8-15)18-13-5-4-6-14-18/h7-10H,4-6,11-14H2,1-3H3. The van der Waals surface area contributed by atoms with Gasteiger partial charge in [-0.3, -0.25) is 0 Å². The van der Waals surface area contributed by atoms with Crippen LogP contribution in [0.3, 0.4) is 0 Å². The van der Waals surface area contributed by atoms with Gasteiger partial charge in [-0.15, -0.1) is 0 Å². The van der Waals surface area contributed by atoms with Crippen molar-refractivity contribution in [3.05, 3.63) is 29.8 Å². The van der Waals surface area contributed by atoms with E-state index in [0.29, 0.717) is 5.41 Å². The minimum absolute atomic E-state index is 0.436. The fraction of sp³-hybridized carbons (Fsp3) is 0.647. The molecule has 0 bridgehead atoms. The molecule has 1 aliphatic heterocycles. The summed E-state index contributed by atoms with van der Waals surface area (Å²) in [6.07, 6.45) is 6.57. The zero-order valence-corrected chi connectivity index (χ0v) is 12.2. The smallest absolute Gasteiger partial charge is 0.0366 e. The third kappa shape index (κ3) is 4.04. The summed E-state index contributed by atoms with van der Waals surface area (Å²) in [4.78, 5) is 2.52. The van der Waals surface area contributed by atoms with Crippen molar-refractivity contribution in [1.82, 2.24) is 0 Å². The van der Waals surface area contributed by atoms with E-state index in [9.17, 15) is 0 Å². The molecule has 0 amide bonds. The van der Waals surface area contributed by atoms with Crippen LogP contribution < -0.4 is 4.90 Å². The van der Waals surface area contributed by atoms with Gasteiger partial charge in [0.1, 0.15) is 0 Å². The van der Waals surface area contributed by atoms with Crippen LogP contribution in [0.1, 0.15) is 52.0 Å². The normalized spacial score (nSPS) is 16.9. The van der Waals surface area contributed by atoms with Gasteiger partial charge in [0.25, 0.3) is 0 Å². The number of piperidine rings is 1. The molecule has 0 unspecified atom stereocenters. The first kappa shape index (κ1) is 13.5. The van der Waals surface area contributed by atoms with Crippen LogP contribution >= 0.6 is 0 Å². The number of rotatable bonds is 3. The van der Waals surface area contributed by atoms with E-state index >= 15 is 0 Å². The molecule has 100 valence electrons. The first-order chi connectivity index (χ1) is 8.54. The van der Waals surface area contributed by atoms with Crippen LogP contribution in [0.2, 0.25) is 0 Å². The Morgan fingerprint density at radius 1 is 0.944 bits per heavy atom. The number of benzene rings is 1. The highest BCUT2D eigenvalue weighted by Crippen LogP contribution is 2.24. The molecule has 0 radical (unpaired) electrons. The van der Waals surface area contributed by atoms with E-state index in [-0.39, 0.29) is 0 Å². The Balaban J connectivity index is 1.92. The Labute approximate surface area is 112 Å². The van der Waals surface area contributed by atoms with Crippen molar-refractivity contribution in [2.24, 2.45) is 5.41 Å². The van der Waals surface area contributed by atoms with Crippen molar-refractivity contribution in [1.29, 1.82) is 0 Å². The molecular weight excluding hydrogens is 218 g/mol. The lowest BCUT2D eigenvalue weighted by molar-refractivity contribution is 0.378. The Morgan fingerprint density at radius 2 is 1.56 bits per heavy atom. The third-order valence-electron chi connectivity index (χ3n) is 3.82. The number of nitrogens with zero attached hydrogens (tertiary/aromatic N) is 1.